The SMILES string of the molecule is O=C(Oc1cccc(/C=C2\SC(=O)N(Cc3cccc4ccccc34)C2=O)c1)c1cccc2ccccc12. The number of benzene rings is 5. The van der Waals surface area contributed by atoms with Gasteiger partial charge in [0.25, 0.3) is 11.1 Å². The summed E-state index contributed by atoms with van der Waals surface area (Å²) in [5.41, 5.74) is 2.04. The van der Waals surface area contributed by atoms with Crippen LogP contribution in [0.4, 0.5) is 4.79 Å². The van der Waals surface area contributed by atoms with Gasteiger partial charge < -0.3 is 4.74 Å². The van der Waals surface area contributed by atoms with Gasteiger partial charge in [-0.3, -0.25) is 14.5 Å². The Morgan fingerprint density at radius 2 is 1.42 bits per heavy atom. The number of rotatable bonds is 5. The maximum Gasteiger partial charge on any atom is 0.344 e. The molecule has 0 aromatic heterocycles. The fourth-order valence-electron chi connectivity index (χ4n) is 4.62. The molecule has 6 rings (SSSR count). The first-order valence-electron chi connectivity index (χ1n) is 12.1. The highest BCUT2D eigenvalue weighted by Gasteiger charge is 2.35. The Morgan fingerprint density at radius 3 is 2.24 bits per heavy atom. The highest BCUT2D eigenvalue weighted by Crippen LogP contribution is 2.34. The maximum atomic E-state index is 13.2. The molecule has 5 aromatic rings. The summed E-state index contributed by atoms with van der Waals surface area (Å²) in [7, 11) is 0. The highest BCUT2D eigenvalue weighted by molar-refractivity contribution is 8.18. The molecule has 2 amide bonds. The van der Waals surface area contributed by atoms with Crippen molar-refractivity contribution in [3.05, 3.63) is 131 Å². The lowest BCUT2D eigenvalue weighted by Gasteiger charge is -2.14. The Morgan fingerprint density at radius 1 is 0.763 bits per heavy atom. The van der Waals surface area contributed by atoms with Crippen LogP contribution in [0.5, 0.6) is 5.75 Å². The van der Waals surface area contributed by atoms with Crippen LogP contribution in [0.15, 0.2) is 114 Å². The lowest BCUT2D eigenvalue weighted by molar-refractivity contribution is -0.123. The molecule has 184 valence electrons. The second kappa shape index (κ2) is 10.00. The van der Waals surface area contributed by atoms with Crippen molar-refractivity contribution in [1.82, 2.24) is 4.90 Å². The third-order valence-electron chi connectivity index (χ3n) is 6.46. The minimum absolute atomic E-state index is 0.200. The van der Waals surface area contributed by atoms with E-state index in [2.05, 4.69) is 0 Å². The topological polar surface area (TPSA) is 63.7 Å². The van der Waals surface area contributed by atoms with Crippen molar-refractivity contribution in [1.29, 1.82) is 0 Å². The van der Waals surface area contributed by atoms with E-state index in [0.29, 0.717) is 21.8 Å². The van der Waals surface area contributed by atoms with E-state index in [1.807, 2.05) is 78.9 Å². The number of carbonyl (C=O) groups is 3. The van der Waals surface area contributed by atoms with Crippen molar-refractivity contribution in [2.45, 2.75) is 6.54 Å². The number of ether oxygens (including phenoxy) is 1. The summed E-state index contributed by atoms with van der Waals surface area (Å²) >= 11 is 0.910. The van der Waals surface area contributed by atoms with Crippen LogP contribution in [-0.2, 0) is 11.3 Å². The molecule has 0 unspecified atom stereocenters. The van der Waals surface area contributed by atoms with Crippen molar-refractivity contribution >= 4 is 56.5 Å². The van der Waals surface area contributed by atoms with Gasteiger partial charge in [-0.25, -0.2) is 4.79 Å². The highest BCUT2D eigenvalue weighted by atomic mass is 32.2. The molecule has 1 fully saturated rings. The van der Waals surface area contributed by atoms with Crippen LogP contribution in [0.3, 0.4) is 0 Å². The average Bonchev–Trinajstić information content (AvgIpc) is 3.20. The second-order valence-corrected chi connectivity index (χ2v) is 9.89. The van der Waals surface area contributed by atoms with Crippen LogP contribution in [0.2, 0.25) is 0 Å². The molecule has 0 spiro atoms. The van der Waals surface area contributed by atoms with E-state index in [-0.39, 0.29) is 17.7 Å². The lowest BCUT2D eigenvalue weighted by Crippen LogP contribution is -2.27. The van der Waals surface area contributed by atoms with E-state index >= 15 is 0 Å². The van der Waals surface area contributed by atoms with Gasteiger partial charge in [-0.1, -0.05) is 91.0 Å². The molecule has 1 heterocycles. The van der Waals surface area contributed by atoms with Crippen LogP contribution >= 0.6 is 11.8 Å². The molecule has 0 saturated carbocycles. The molecular formula is C32H21NO4S. The number of fused-ring (bicyclic) bond motifs is 2. The lowest BCUT2D eigenvalue weighted by atomic mass is 10.0. The van der Waals surface area contributed by atoms with Crippen LogP contribution in [0.1, 0.15) is 21.5 Å². The summed E-state index contributed by atoms with van der Waals surface area (Å²) < 4.78 is 5.67. The number of imide groups is 1. The van der Waals surface area contributed by atoms with Gasteiger partial charge in [-0.2, -0.15) is 0 Å². The monoisotopic (exact) mass is 515 g/mol. The normalized spacial score (nSPS) is 14.5. The van der Waals surface area contributed by atoms with Crippen LogP contribution < -0.4 is 4.74 Å². The van der Waals surface area contributed by atoms with Crippen molar-refractivity contribution in [2.75, 3.05) is 0 Å². The van der Waals surface area contributed by atoms with Gasteiger partial charge in [0.15, 0.2) is 0 Å². The fourth-order valence-corrected chi connectivity index (χ4v) is 5.46. The second-order valence-electron chi connectivity index (χ2n) is 8.89. The Balaban J connectivity index is 1.22. The van der Waals surface area contributed by atoms with Crippen LogP contribution in [0.25, 0.3) is 27.6 Å². The quantitative estimate of drug-likeness (QED) is 0.138. The van der Waals surface area contributed by atoms with Gasteiger partial charge in [0.05, 0.1) is 17.0 Å². The van der Waals surface area contributed by atoms with Crippen LogP contribution in [0, 0.1) is 0 Å². The van der Waals surface area contributed by atoms with E-state index in [1.165, 1.54) is 4.90 Å². The zero-order valence-corrected chi connectivity index (χ0v) is 21.0. The molecule has 0 radical (unpaired) electrons. The predicted octanol–water partition coefficient (Wildman–Crippen LogP) is 7.45. The summed E-state index contributed by atoms with van der Waals surface area (Å²) in [6.07, 6.45) is 1.66. The molecular weight excluding hydrogens is 494 g/mol. The van der Waals surface area contributed by atoms with E-state index in [0.717, 1.165) is 38.9 Å². The van der Waals surface area contributed by atoms with Gasteiger partial charge in [-0.15, -0.1) is 0 Å². The molecule has 0 bridgehead atoms. The minimum Gasteiger partial charge on any atom is -0.423 e. The van der Waals surface area contributed by atoms with E-state index in [9.17, 15) is 14.4 Å². The number of hydrogen-bond acceptors (Lipinski definition) is 5. The Kier molecular flexibility index (Phi) is 6.23. The standard InChI is InChI=1S/C32H21NO4S/c34-30-29(38-32(36)33(30)20-24-13-6-11-22-9-1-3-15-26(22)24)19-21-8-5-14-25(18-21)37-31(35)28-17-7-12-23-10-2-4-16-27(23)28/h1-19H,20H2/b29-19-. The minimum atomic E-state index is -0.464. The summed E-state index contributed by atoms with van der Waals surface area (Å²) in [4.78, 5) is 40.5. The maximum absolute atomic E-state index is 13.2. The molecule has 0 atom stereocenters. The third kappa shape index (κ3) is 4.58. The number of hydrogen-bond donors (Lipinski definition) is 0. The van der Waals surface area contributed by atoms with E-state index < -0.39 is 5.97 Å². The van der Waals surface area contributed by atoms with Crippen molar-refractivity contribution in [2.24, 2.45) is 0 Å². The van der Waals surface area contributed by atoms with Gasteiger partial charge in [0.1, 0.15) is 5.75 Å². The molecule has 5 nitrogen and oxygen atoms in total. The van der Waals surface area contributed by atoms with Gasteiger partial charge in [0, 0.05) is 0 Å². The molecule has 0 N–H and O–H groups in total. The largest absolute Gasteiger partial charge is 0.423 e. The smallest absolute Gasteiger partial charge is 0.344 e. The molecule has 1 saturated heterocycles. The average molecular weight is 516 g/mol. The number of esters is 1. The molecule has 1 aliphatic heterocycles. The summed E-state index contributed by atoms with van der Waals surface area (Å²) in [6.45, 7) is 0.200. The van der Waals surface area contributed by atoms with Crippen molar-refractivity contribution < 1.29 is 19.1 Å². The Labute approximate surface area is 223 Å². The van der Waals surface area contributed by atoms with Crippen molar-refractivity contribution in [3.63, 3.8) is 0 Å². The fraction of sp³-hybridized carbons (Fsp3) is 0.0312. The molecule has 38 heavy (non-hydrogen) atoms. The van der Waals surface area contributed by atoms with Gasteiger partial charge in [-0.05, 0) is 68.7 Å². The summed E-state index contributed by atoms with van der Waals surface area (Å²) in [5.74, 6) is -0.452. The first-order valence-corrected chi connectivity index (χ1v) is 12.9. The number of nitrogens with zero attached hydrogens (tertiary/aromatic N) is 1. The van der Waals surface area contributed by atoms with Crippen LogP contribution in [-0.4, -0.2) is 22.0 Å². The summed E-state index contributed by atoms with van der Waals surface area (Å²) in [5, 5.41) is 3.53. The Hall–Kier alpha value is -4.68. The van der Waals surface area contributed by atoms with E-state index in [1.54, 1.807) is 36.4 Å². The van der Waals surface area contributed by atoms with Gasteiger partial charge in [0.2, 0.25) is 0 Å². The molecule has 1 aliphatic rings. The zero-order valence-electron chi connectivity index (χ0n) is 20.2. The predicted molar refractivity (Wildman–Crippen MR) is 151 cm³/mol. The Bertz CT molecular complexity index is 1760. The first kappa shape index (κ1) is 23.7. The zero-order chi connectivity index (χ0) is 26.1. The number of amides is 2. The number of carbonyl (C=O) groups excluding carboxylic acids is 3. The van der Waals surface area contributed by atoms with Crippen molar-refractivity contribution in [3.8, 4) is 5.75 Å². The first-order chi connectivity index (χ1) is 18.6. The summed E-state index contributed by atoms with van der Waals surface area (Å²) in [6, 6.07) is 33.8. The molecule has 0 aliphatic carbocycles. The third-order valence-corrected chi connectivity index (χ3v) is 7.37. The van der Waals surface area contributed by atoms with Gasteiger partial charge >= 0.3 is 5.97 Å². The van der Waals surface area contributed by atoms with E-state index in [4.69, 9.17) is 4.74 Å². The molecule has 6 heteroatoms. The molecule has 5 aromatic carbocycles. The number of thioether (sulfide) groups is 1.